The van der Waals surface area contributed by atoms with Crippen LogP contribution in [0.15, 0.2) is 18.2 Å². The molecule has 0 radical (unpaired) electrons. The third-order valence-electron chi connectivity index (χ3n) is 3.32. The van der Waals surface area contributed by atoms with Crippen molar-refractivity contribution in [1.82, 2.24) is 0 Å². The van der Waals surface area contributed by atoms with Gasteiger partial charge in [-0.25, -0.2) is 12.7 Å². The monoisotopic (exact) mass is 315 g/mol. The van der Waals surface area contributed by atoms with Gasteiger partial charge in [0.05, 0.1) is 16.9 Å². The predicted octanol–water partition coefficient (Wildman–Crippen LogP) is 2.08. The fourth-order valence-corrected chi connectivity index (χ4v) is 4.67. The number of halogens is 1. The van der Waals surface area contributed by atoms with Crippen molar-refractivity contribution in [2.45, 2.75) is 20.8 Å². The minimum atomic E-state index is -3.73. The van der Waals surface area contributed by atoms with Crippen LogP contribution in [0, 0.1) is 12.3 Å². The molecule has 1 saturated heterocycles. The number of anilines is 1. The quantitative estimate of drug-likeness (QED) is 0.783. The molecule has 108 valence electrons. The Kier molecular flexibility index (Phi) is 3.42. The first-order valence-electron chi connectivity index (χ1n) is 5.95. The number of rotatable bonds is 2. The second kappa shape index (κ2) is 4.56. The Morgan fingerprint density at radius 3 is 2.40 bits per heavy atom. The third kappa shape index (κ3) is 2.23. The van der Waals surface area contributed by atoms with Crippen molar-refractivity contribution in [3.05, 3.63) is 29.3 Å². The van der Waals surface area contributed by atoms with E-state index in [9.17, 15) is 18.0 Å². The number of amides is 1. The van der Waals surface area contributed by atoms with E-state index in [0.29, 0.717) is 5.56 Å². The summed E-state index contributed by atoms with van der Waals surface area (Å²) in [5.74, 6) is -0.753. The average Bonchev–Trinajstić information content (AvgIpc) is 2.44. The van der Waals surface area contributed by atoms with E-state index in [-0.39, 0.29) is 17.0 Å². The molecule has 20 heavy (non-hydrogen) atoms. The Bertz CT molecular complexity index is 709. The molecule has 1 aromatic carbocycles. The van der Waals surface area contributed by atoms with Gasteiger partial charge in [-0.2, -0.15) is 0 Å². The Labute approximate surface area is 122 Å². The molecule has 0 bridgehead atoms. The molecule has 1 aliphatic rings. The number of hydrogen-bond donors (Lipinski definition) is 0. The summed E-state index contributed by atoms with van der Waals surface area (Å²) in [5.41, 5.74) is -0.224. The van der Waals surface area contributed by atoms with Crippen molar-refractivity contribution in [2.75, 3.05) is 10.1 Å². The lowest BCUT2D eigenvalue weighted by Crippen LogP contribution is -2.33. The van der Waals surface area contributed by atoms with Crippen molar-refractivity contribution in [3.8, 4) is 0 Å². The highest BCUT2D eigenvalue weighted by atomic mass is 35.5. The maximum Gasteiger partial charge on any atom is 0.252 e. The first-order chi connectivity index (χ1) is 9.08. The first-order valence-corrected chi connectivity index (χ1v) is 7.93. The van der Waals surface area contributed by atoms with E-state index in [4.69, 9.17) is 11.6 Å². The number of hydrogen-bond acceptors (Lipinski definition) is 4. The lowest BCUT2D eigenvalue weighted by Gasteiger charge is -2.20. The molecule has 0 aliphatic carbocycles. The Morgan fingerprint density at radius 2 is 1.95 bits per heavy atom. The summed E-state index contributed by atoms with van der Waals surface area (Å²) >= 11 is 5.46. The molecule has 1 heterocycles. The van der Waals surface area contributed by atoms with Crippen LogP contribution in [0.1, 0.15) is 29.8 Å². The van der Waals surface area contributed by atoms with Gasteiger partial charge in [-0.05, 0) is 50.1 Å². The van der Waals surface area contributed by atoms with E-state index in [1.807, 2.05) is 0 Å². The minimum absolute atomic E-state index is 0.187. The van der Waals surface area contributed by atoms with Crippen molar-refractivity contribution in [1.29, 1.82) is 0 Å². The maximum atomic E-state index is 12.3. The molecular weight excluding hydrogens is 302 g/mol. The van der Waals surface area contributed by atoms with Gasteiger partial charge < -0.3 is 0 Å². The SMILES string of the molecule is Cc1c(C(=O)Cl)cccc1N1C(=O)C(C)(C)CS1(=O)=O. The minimum Gasteiger partial charge on any atom is -0.276 e. The van der Waals surface area contributed by atoms with Gasteiger partial charge in [-0.1, -0.05) is 6.07 Å². The van der Waals surface area contributed by atoms with Gasteiger partial charge >= 0.3 is 0 Å². The van der Waals surface area contributed by atoms with Crippen LogP contribution >= 0.6 is 11.6 Å². The number of carbonyl (C=O) groups excluding carboxylic acids is 2. The number of benzene rings is 1. The summed E-state index contributed by atoms with van der Waals surface area (Å²) in [6.07, 6.45) is 0. The lowest BCUT2D eigenvalue weighted by atomic mass is 9.95. The molecule has 1 aromatic rings. The normalized spacial score (nSPS) is 20.2. The fourth-order valence-electron chi connectivity index (χ4n) is 2.30. The highest BCUT2D eigenvalue weighted by Gasteiger charge is 2.50. The fraction of sp³-hybridized carbons (Fsp3) is 0.385. The van der Waals surface area contributed by atoms with E-state index in [1.54, 1.807) is 20.8 Å². The van der Waals surface area contributed by atoms with Gasteiger partial charge in [0.2, 0.25) is 15.9 Å². The molecule has 0 unspecified atom stereocenters. The van der Waals surface area contributed by atoms with Crippen LogP contribution in [0.5, 0.6) is 0 Å². The smallest absolute Gasteiger partial charge is 0.252 e. The summed E-state index contributed by atoms with van der Waals surface area (Å²) in [7, 11) is -3.73. The number of carbonyl (C=O) groups is 2. The van der Waals surface area contributed by atoms with Gasteiger partial charge in [-0.15, -0.1) is 0 Å². The van der Waals surface area contributed by atoms with Crippen molar-refractivity contribution in [3.63, 3.8) is 0 Å². The standard InChI is InChI=1S/C13H14ClNO4S/c1-8-9(11(14)16)5-4-6-10(8)15-12(17)13(2,3)7-20(15,18)19/h4-6H,7H2,1-3H3. The van der Waals surface area contributed by atoms with Crippen LogP contribution in [0.3, 0.4) is 0 Å². The summed E-state index contributed by atoms with van der Waals surface area (Å²) in [6, 6.07) is 4.49. The van der Waals surface area contributed by atoms with E-state index in [0.717, 1.165) is 4.31 Å². The van der Waals surface area contributed by atoms with Crippen molar-refractivity contribution < 1.29 is 18.0 Å². The molecule has 1 amide bonds. The summed E-state index contributed by atoms with van der Waals surface area (Å²) in [5, 5.41) is -0.687. The zero-order valence-corrected chi connectivity index (χ0v) is 12.9. The van der Waals surface area contributed by atoms with E-state index in [2.05, 4.69) is 0 Å². The van der Waals surface area contributed by atoms with Gasteiger partial charge in [-0.3, -0.25) is 9.59 Å². The van der Waals surface area contributed by atoms with Gasteiger partial charge in [0.15, 0.2) is 0 Å². The Balaban J connectivity index is 2.66. The number of nitrogens with zero attached hydrogens (tertiary/aromatic N) is 1. The first kappa shape index (κ1) is 15.0. The molecule has 0 aromatic heterocycles. The predicted molar refractivity (Wildman–Crippen MR) is 76.4 cm³/mol. The highest BCUT2D eigenvalue weighted by molar-refractivity contribution is 7.94. The van der Waals surface area contributed by atoms with E-state index < -0.39 is 26.6 Å². The van der Waals surface area contributed by atoms with Crippen LogP contribution in [0.2, 0.25) is 0 Å². The molecule has 0 saturated carbocycles. The largest absolute Gasteiger partial charge is 0.276 e. The maximum absolute atomic E-state index is 12.3. The van der Waals surface area contributed by atoms with Gasteiger partial charge in [0, 0.05) is 5.56 Å². The van der Waals surface area contributed by atoms with Gasteiger partial charge in [0.25, 0.3) is 5.24 Å². The molecule has 7 heteroatoms. The molecule has 0 N–H and O–H groups in total. The second-order valence-electron chi connectivity index (χ2n) is 5.43. The molecular formula is C13H14ClNO4S. The molecule has 2 rings (SSSR count). The van der Waals surface area contributed by atoms with Crippen molar-refractivity contribution in [2.24, 2.45) is 5.41 Å². The number of sulfonamides is 1. The topological polar surface area (TPSA) is 71.5 Å². The van der Waals surface area contributed by atoms with Crippen LogP contribution in [0.4, 0.5) is 5.69 Å². The molecule has 0 spiro atoms. The second-order valence-corrected chi connectivity index (χ2v) is 7.59. The molecule has 1 fully saturated rings. The van der Waals surface area contributed by atoms with Crippen LogP contribution in [-0.4, -0.2) is 25.3 Å². The van der Waals surface area contributed by atoms with Gasteiger partial charge in [0.1, 0.15) is 0 Å². The zero-order chi connectivity index (χ0) is 15.3. The zero-order valence-electron chi connectivity index (χ0n) is 11.3. The molecule has 5 nitrogen and oxygen atoms in total. The van der Waals surface area contributed by atoms with E-state index >= 15 is 0 Å². The van der Waals surface area contributed by atoms with E-state index in [1.165, 1.54) is 18.2 Å². The summed E-state index contributed by atoms with van der Waals surface area (Å²) in [4.78, 5) is 23.6. The summed E-state index contributed by atoms with van der Waals surface area (Å²) in [6.45, 7) is 4.73. The van der Waals surface area contributed by atoms with Crippen molar-refractivity contribution >= 4 is 38.5 Å². The summed E-state index contributed by atoms with van der Waals surface area (Å²) < 4.78 is 25.2. The average molecular weight is 316 g/mol. The van der Waals surface area contributed by atoms with Crippen LogP contribution in [-0.2, 0) is 14.8 Å². The lowest BCUT2D eigenvalue weighted by molar-refractivity contribution is -0.123. The third-order valence-corrected chi connectivity index (χ3v) is 5.53. The van der Waals surface area contributed by atoms with Crippen LogP contribution in [0.25, 0.3) is 0 Å². The Hall–Kier alpha value is -1.40. The Morgan fingerprint density at radius 1 is 1.35 bits per heavy atom. The molecule has 0 atom stereocenters. The molecule has 1 aliphatic heterocycles. The highest BCUT2D eigenvalue weighted by Crippen LogP contribution is 2.37. The van der Waals surface area contributed by atoms with Crippen LogP contribution < -0.4 is 4.31 Å².